The monoisotopic (exact) mass is 467 g/mol. The average molecular weight is 468 g/mol. The van der Waals surface area contributed by atoms with Crippen molar-refractivity contribution in [3.05, 3.63) is 82.5 Å². The summed E-state index contributed by atoms with van der Waals surface area (Å²) in [7, 11) is 3.31. The number of hydrogen-bond donors (Lipinski definition) is 1. The third-order valence-electron chi connectivity index (χ3n) is 4.65. The number of likely N-dealkylation sites (N-methyl/N-ethyl adjacent to an activating group) is 1. The number of rotatable bonds is 9. The molecule has 0 fully saturated rings. The van der Waals surface area contributed by atoms with Gasteiger partial charge in [-0.2, -0.15) is 0 Å². The van der Waals surface area contributed by atoms with E-state index in [1.807, 2.05) is 24.3 Å². The molecule has 0 unspecified atom stereocenters. The summed E-state index contributed by atoms with van der Waals surface area (Å²) in [5.41, 5.74) is 1.82. The Labute approximate surface area is 195 Å². The van der Waals surface area contributed by atoms with Crippen LogP contribution in [0.15, 0.2) is 70.0 Å². The molecular formula is C24H21NO5S2. The maximum atomic E-state index is 13.1. The zero-order valence-electron chi connectivity index (χ0n) is 17.5. The molecule has 1 amide bonds. The van der Waals surface area contributed by atoms with Gasteiger partial charge in [0.05, 0.1) is 17.6 Å². The maximum Gasteiger partial charge on any atom is 0.335 e. The zero-order chi connectivity index (χ0) is 23.1. The molecule has 0 aliphatic heterocycles. The summed E-state index contributed by atoms with van der Waals surface area (Å²) < 4.78 is 12.6. The van der Waals surface area contributed by atoms with E-state index in [2.05, 4.69) is 0 Å². The molecule has 3 rings (SSSR count). The Morgan fingerprint density at radius 2 is 1.84 bits per heavy atom. The first kappa shape index (κ1) is 23.3. The highest BCUT2D eigenvalue weighted by Crippen LogP contribution is 2.27. The van der Waals surface area contributed by atoms with Crippen LogP contribution in [0.2, 0.25) is 0 Å². The highest BCUT2D eigenvalue weighted by Gasteiger charge is 2.18. The number of carboxylic acids is 1. The number of ether oxygens (including phenoxy) is 1. The lowest BCUT2D eigenvalue weighted by molar-refractivity contribution is -0.125. The number of para-hydroxylation sites is 1. The van der Waals surface area contributed by atoms with E-state index in [-0.39, 0.29) is 11.5 Å². The molecule has 164 valence electrons. The van der Waals surface area contributed by atoms with Gasteiger partial charge in [0.2, 0.25) is 0 Å². The van der Waals surface area contributed by atoms with Crippen LogP contribution in [0.3, 0.4) is 0 Å². The molecule has 0 atom stereocenters. The van der Waals surface area contributed by atoms with Crippen LogP contribution < -0.4 is 4.74 Å². The molecule has 32 heavy (non-hydrogen) atoms. The van der Waals surface area contributed by atoms with Gasteiger partial charge < -0.3 is 19.2 Å². The molecule has 1 N–H and O–H groups in total. The van der Waals surface area contributed by atoms with Crippen molar-refractivity contribution in [2.45, 2.75) is 6.54 Å². The Bertz CT molecular complexity index is 1150. The smallest absolute Gasteiger partial charge is 0.335 e. The van der Waals surface area contributed by atoms with Gasteiger partial charge in [-0.25, -0.2) is 4.79 Å². The molecule has 8 heteroatoms. The van der Waals surface area contributed by atoms with Gasteiger partial charge in [-0.15, -0.1) is 0 Å². The van der Waals surface area contributed by atoms with Crippen LogP contribution >= 0.6 is 24.0 Å². The lowest BCUT2D eigenvalue weighted by atomic mass is 10.1. The largest absolute Gasteiger partial charge is 0.496 e. The maximum absolute atomic E-state index is 13.1. The van der Waals surface area contributed by atoms with Crippen LogP contribution in [0.25, 0.3) is 17.4 Å². The number of carbonyl (C=O) groups is 2. The number of thiocarbonyl (C=S) groups is 1. The number of nitrogens with zero attached hydrogens (tertiary/aromatic N) is 1. The highest BCUT2D eigenvalue weighted by molar-refractivity contribution is 8.24. The van der Waals surface area contributed by atoms with Crippen LogP contribution in [0, 0.1) is 0 Å². The summed E-state index contributed by atoms with van der Waals surface area (Å²) in [4.78, 5) is 26.1. The number of carboxylic acid groups (broad SMARTS) is 1. The molecule has 0 saturated carbocycles. The van der Waals surface area contributed by atoms with E-state index in [1.54, 1.807) is 49.4 Å². The fraction of sp³-hybridized carbons (Fsp3) is 0.125. The Hall–Kier alpha value is -3.36. The molecule has 0 spiro atoms. The van der Waals surface area contributed by atoms with Crippen molar-refractivity contribution >= 4 is 46.6 Å². The number of benzene rings is 2. The van der Waals surface area contributed by atoms with E-state index in [0.29, 0.717) is 28.7 Å². The Kier molecular flexibility index (Phi) is 7.86. The number of hydrogen-bond acceptors (Lipinski definition) is 6. The van der Waals surface area contributed by atoms with Gasteiger partial charge in [0.15, 0.2) is 0 Å². The van der Waals surface area contributed by atoms with E-state index in [0.717, 1.165) is 22.9 Å². The zero-order valence-corrected chi connectivity index (χ0v) is 19.1. The van der Waals surface area contributed by atoms with E-state index in [1.165, 1.54) is 16.8 Å². The predicted molar refractivity (Wildman–Crippen MR) is 130 cm³/mol. The third kappa shape index (κ3) is 5.66. The summed E-state index contributed by atoms with van der Waals surface area (Å²) >= 11 is 6.10. The Morgan fingerprint density at radius 1 is 1.12 bits per heavy atom. The van der Waals surface area contributed by atoms with Crippen LogP contribution in [0.4, 0.5) is 0 Å². The van der Waals surface area contributed by atoms with Gasteiger partial charge in [0.25, 0.3) is 5.91 Å². The lowest BCUT2D eigenvalue weighted by Gasteiger charge is -2.19. The third-order valence-corrected chi connectivity index (χ3v) is 5.58. The van der Waals surface area contributed by atoms with Crippen molar-refractivity contribution in [2.75, 3.05) is 14.2 Å². The van der Waals surface area contributed by atoms with Crippen molar-refractivity contribution in [1.82, 2.24) is 4.90 Å². The van der Waals surface area contributed by atoms with Crippen molar-refractivity contribution in [3.63, 3.8) is 0 Å². The Morgan fingerprint density at radius 3 is 2.50 bits per heavy atom. The summed E-state index contributed by atoms with van der Waals surface area (Å²) in [5.74, 6) is 0.572. The summed E-state index contributed by atoms with van der Waals surface area (Å²) in [5, 5.41) is 9.03. The van der Waals surface area contributed by atoms with Gasteiger partial charge in [0, 0.05) is 35.5 Å². The van der Waals surface area contributed by atoms with Crippen molar-refractivity contribution in [3.8, 4) is 17.1 Å². The minimum absolute atomic E-state index is 0.198. The fourth-order valence-corrected chi connectivity index (χ4v) is 3.89. The number of thioether (sulfide) groups is 1. The number of amides is 1. The standard InChI is InChI=1S/C24H21NO5S2/c1-25(14-18-5-3-4-6-20(18)29-2)23(26)22(32-15-31)13-19-11-12-21(30-19)16-7-9-17(10-8-16)24(27)28/h3-13,15H,14H2,1-2H3,(H,27,28)/b22-13-. The molecule has 0 aliphatic carbocycles. The van der Waals surface area contributed by atoms with Crippen LogP contribution in [-0.4, -0.2) is 40.7 Å². The van der Waals surface area contributed by atoms with Crippen molar-refractivity contribution < 1.29 is 23.8 Å². The minimum atomic E-state index is -0.989. The number of methoxy groups -OCH3 is 1. The first-order valence-electron chi connectivity index (χ1n) is 9.56. The number of furan rings is 1. The summed E-state index contributed by atoms with van der Waals surface area (Å²) in [6.45, 7) is 0.373. The molecule has 0 aliphatic rings. The summed E-state index contributed by atoms with van der Waals surface area (Å²) in [6.07, 6.45) is 1.64. The van der Waals surface area contributed by atoms with Gasteiger partial charge in [-0.1, -0.05) is 54.3 Å². The SMILES string of the molecule is COc1ccccc1CN(C)C(=O)/C(=C/c1ccc(-c2ccc(C(=O)O)cc2)o1)SC=S. The van der Waals surface area contributed by atoms with Gasteiger partial charge in [0.1, 0.15) is 17.3 Å². The highest BCUT2D eigenvalue weighted by atomic mass is 32.2. The van der Waals surface area contributed by atoms with Gasteiger partial charge >= 0.3 is 5.97 Å². The van der Waals surface area contributed by atoms with E-state index < -0.39 is 5.97 Å². The Balaban J connectivity index is 1.80. The second-order valence-corrected chi connectivity index (χ2v) is 8.23. The van der Waals surface area contributed by atoms with Crippen molar-refractivity contribution in [1.29, 1.82) is 0 Å². The van der Waals surface area contributed by atoms with Crippen molar-refractivity contribution in [2.24, 2.45) is 0 Å². The molecule has 0 saturated heterocycles. The average Bonchev–Trinajstić information content (AvgIpc) is 3.27. The van der Waals surface area contributed by atoms with Gasteiger partial charge in [-0.3, -0.25) is 4.79 Å². The minimum Gasteiger partial charge on any atom is -0.496 e. The molecule has 1 aromatic heterocycles. The van der Waals surface area contributed by atoms with Crippen LogP contribution in [0.1, 0.15) is 21.7 Å². The second kappa shape index (κ2) is 10.8. The molecule has 6 nitrogen and oxygen atoms in total. The predicted octanol–water partition coefficient (Wildman–Crippen LogP) is 5.34. The lowest BCUT2D eigenvalue weighted by Crippen LogP contribution is -2.27. The van der Waals surface area contributed by atoms with E-state index in [9.17, 15) is 9.59 Å². The second-order valence-electron chi connectivity index (χ2n) is 6.78. The van der Waals surface area contributed by atoms with Crippen LogP contribution in [-0.2, 0) is 11.3 Å². The normalized spacial score (nSPS) is 11.1. The van der Waals surface area contributed by atoms with E-state index in [4.69, 9.17) is 26.5 Å². The van der Waals surface area contributed by atoms with E-state index >= 15 is 0 Å². The molecule has 0 radical (unpaired) electrons. The summed E-state index contributed by atoms with van der Waals surface area (Å²) in [6, 6.07) is 17.4. The number of aromatic carboxylic acids is 1. The first-order chi connectivity index (χ1) is 15.4. The molecule has 0 bridgehead atoms. The van der Waals surface area contributed by atoms with Gasteiger partial charge in [-0.05, 0) is 30.3 Å². The molecule has 1 heterocycles. The van der Waals surface area contributed by atoms with Crippen LogP contribution in [0.5, 0.6) is 5.75 Å². The first-order valence-corrected chi connectivity index (χ1v) is 10.9. The molecule has 2 aromatic carbocycles. The molecule has 3 aromatic rings. The number of carbonyl (C=O) groups excluding carboxylic acids is 1. The quantitative estimate of drug-likeness (QED) is 0.336. The molecular weight excluding hydrogens is 446 g/mol. The fourth-order valence-electron chi connectivity index (χ4n) is 3.04. The topological polar surface area (TPSA) is 80.0 Å².